The quantitative estimate of drug-likeness (QED) is 0.850. The van der Waals surface area contributed by atoms with E-state index in [9.17, 15) is 4.39 Å². The van der Waals surface area contributed by atoms with Crippen molar-refractivity contribution in [2.45, 2.75) is 45.8 Å². The molecule has 0 bridgehead atoms. The van der Waals surface area contributed by atoms with Crippen molar-refractivity contribution in [3.05, 3.63) is 30.1 Å². The van der Waals surface area contributed by atoms with Crippen molar-refractivity contribution in [2.75, 3.05) is 6.54 Å². The Morgan fingerprint density at radius 1 is 1.29 bits per heavy atom. The fourth-order valence-corrected chi connectivity index (χ4v) is 1.47. The van der Waals surface area contributed by atoms with Crippen LogP contribution in [-0.4, -0.2) is 18.2 Å². The molecule has 0 saturated heterocycles. The van der Waals surface area contributed by atoms with Crippen LogP contribution in [0.15, 0.2) is 24.3 Å². The molecule has 1 aromatic carbocycles. The van der Waals surface area contributed by atoms with Crippen LogP contribution in [0.4, 0.5) is 4.39 Å². The van der Waals surface area contributed by atoms with Gasteiger partial charge in [0.2, 0.25) is 0 Å². The Morgan fingerprint density at radius 3 is 2.53 bits per heavy atom. The molecule has 0 heterocycles. The van der Waals surface area contributed by atoms with Gasteiger partial charge in [-0.1, -0.05) is 12.1 Å². The van der Waals surface area contributed by atoms with E-state index in [1.807, 2.05) is 6.92 Å². The molecule has 3 heteroatoms. The van der Waals surface area contributed by atoms with Crippen LogP contribution in [-0.2, 0) is 0 Å². The molecule has 0 radical (unpaired) electrons. The summed E-state index contributed by atoms with van der Waals surface area (Å²) in [6, 6.07) is 6.50. The second-order valence-corrected chi connectivity index (χ2v) is 5.32. The zero-order valence-electron chi connectivity index (χ0n) is 11.1. The summed E-state index contributed by atoms with van der Waals surface area (Å²) < 4.78 is 18.9. The van der Waals surface area contributed by atoms with Gasteiger partial charge >= 0.3 is 0 Å². The van der Waals surface area contributed by atoms with Crippen LogP contribution in [0.25, 0.3) is 0 Å². The van der Waals surface area contributed by atoms with Gasteiger partial charge in [0, 0.05) is 5.54 Å². The van der Waals surface area contributed by atoms with Gasteiger partial charge in [0.1, 0.15) is 0 Å². The fraction of sp³-hybridized carbons (Fsp3) is 0.571. The number of hydrogen-bond acceptors (Lipinski definition) is 2. The molecule has 2 nitrogen and oxygen atoms in total. The monoisotopic (exact) mass is 239 g/mol. The molecular weight excluding hydrogens is 217 g/mol. The lowest BCUT2D eigenvalue weighted by Crippen LogP contribution is -2.37. The maximum absolute atomic E-state index is 13.3. The lowest BCUT2D eigenvalue weighted by atomic mass is 10.1. The van der Waals surface area contributed by atoms with Gasteiger partial charge in [-0.15, -0.1) is 0 Å². The zero-order chi connectivity index (χ0) is 12.9. The number of ether oxygens (including phenoxy) is 1. The average molecular weight is 239 g/mol. The summed E-state index contributed by atoms with van der Waals surface area (Å²) in [7, 11) is 0. The summed E-state index contributed by atoms with van der Waals surface area (Å²) in [5, 5.41) is 3.38. The molecule has 0 fully saturated rings. The van der Waals surface area contributed by atoms with Gasteiger partial charge in [-0.3, -0.25) is 0 Å². The summed E-state index contributed by atoms with van der Waals surface area (Å²) in [5.41, 5.74) is 0.109. The summed E-state index contributed by atoms with van der Waals surface area (Å²) in [5.74, 6) is 0.0267. The van der Waals surface area contributed by atoms with Crippen molar-refractivity contribution in [3.8, 4) is 5.75 Å². The van der Waals surface area contributed by atoms with Crippen molar-refractivity contribution >= 4 is 0 Å². The van der Waals surface area contributed by atoms with Crippen LogP contribution in [0.1, 0.15) is 34.1 Å². The van der Waals surface area contributed by atoms with Crippen molar-refractivity contribution in [3.63, 3.8) is 0 Å². The van der Waals surface area contributed by atoms with Crippen LogP contribution >= 0.6 is 0 Å². The minimum absolute atomic E-state index is 0.00162. The minimum atomic E-state index is -0.303. The Balaban J connectivity index is 2.35. The maximum atomic E-state index is 13.3. The first-order chi connectivity index (χ1) is 7.88. The van der Waals surface area contributed by atoms with Crippen LogP contribution in [0, 0.1) is 5.82 Å². The summed E-state index contributed by atoms with van der Waals surface area (Å²) in [6.07, 6.45) is 0.854. The molecule has 1 N–H and O–H groups in total. The topological polar surface area (TPSA) is 21.3 Å². The lowest BCUT2D eigenvalue weighted by molar-refractivity contribution is 0.197. The first kappa shape index (κ1) is 14.0. The Morgan fingerprint density at radius 2 is 1.94 bits per heavy atom. The first-order valence-corrected chi connectivity index (χ1v) is 6.05. The molecule has 0 amide bonds. The van der Waals surface area contributed by atoms with Crippen molar-refractivity contribution < 1.29 is 9.13 Å². The van der Waals surface area contributed by atoms with E-state index >= 15 is 0 Å². The first-order valence-electron chi connectivity index (χ1n) is 6.05. The fourth-order valence-electron chi connectivity index (χ4n) is 1.47. The van der Waals surface area contributed by atoms with Gasteiger partial charge in [-0.25, -0.2) is 4.39 Å². The highest BCUT2D eigenvalue weighted by molar-refractivity contribution is 5.23. The molecule has 1 atom stereocenters. The predicted octanol–water partition coefficient (Wildman–Crippen LogP) is 3.37. The summed E-state index contributed by atoms with van der Waals surface area (Å²) >= 11 is 0. The van der Waals surface area contributed by atoms with Gasteiger partial charge in [-0.05, 0) is 52.8 Å². The number of rotatable bonds is 5. The Hall–Kier alpha value is -1.09. The molecule has 0 aliphatic rings. The van der Waals surface area contributed by atoms with Gasteiger partial charge in [0.25, 0.3) is 0 Å². The zero-order valence-corrected chi connectivity index (χ0v) is 11.1. The van der Waals surface area contributed by atoms with Crippen molar-refractivity contribution in [2.24, 2.45) is 0 Å². The van der Waals surface area contributed by atoms with Crippen molar-refractivity contribution in [1.29, 1.82) is 0 Å². The SMILES string of the molecule is CC(CCNC(C)(C)C)Oc1ccccc1F. The second-order valence-electron chi connectivity index (χ2n) is 5.32. The highest BCUT2D eigenvalue weighted by Crippen LogP contribution is 2.17. The van der Waals surface area contributed by atoms with E-state index in [4.69, 9.17) is 4.74 Å². The minimum Gasteiger partial charge on any atom is -0.488 e. The van der Waals surface area contributed by atoms with Crippen LogP contribution in [0.5, 0.6) is 5.75 Å². The number of hydrogen-bond donors (Lipinski definition) is 1. The molecule has 1 rings (SSSR count). The molecular formula is C14H22FNO. The van der Waals surface area contributed by atoms with E-state index in [1.165, 1.54) is 6.07 Å². The number of nitrogens with one attached hydrogen (secondary N) is 1. The third-order valence-corrected chi connectivity index (χ3v) is 2.37. The normalized spacial score (nSPS) is 13.5. The maximum Gasteiger partial charge on any atom is 0.165 e. The standard InChI is InChI=1S/C14H22FNO/c1-11(9-10-16-14(2,3)4)17-13-8-6-5-7-12(13)15/h5-8,11,16H,9-10H2,1-4H3. The third kappa shape index (κ3) is 5.68. The summed E-state index contributed by atoms with van der Waals surface area (Å²) in [4.78, 5) is 0. The summed E-state index contributed by atoms with van der Waals surface area (Å²) in [6.45, 7) is 9.18. The number of para-hydroxylation sites is 1. The molecule has 17 heavy (non-hydrogen) atoms. The van der Waals surface area contributed by atoms with Crippen molar-refractivity contribution in [1.82, 2.24) is 5.32 Å². The molecule has 0 saturated carbocycles. The van der Waals surface area contributed by atoms with Gasteiger partial charge in [0.15, 0.2) is 11.6 Å². The molecule has 1 aromatic rings. The second kappa shape index (κ2) is 6.01. The van der Waals surface area contributed by atoms with E-state index in [-0.39, 0.29) is 17.5 Å². The van der Waals surface area contributed by atoms with E-state index in [0.29, 0.717) is 5.75 Å². The van der Waals surface area contributed by atoms with E-state index in [0.717, 1.165) is 13.0 Å². The van der Waals surface area contributed by atoms with Gasteiger partial charge in [-0.2, -0.15) is 0 Å². The van der Waals surface area contributed by atoms with Crippen LogP contribution in [0.2, 0.25) is 0 Å². The largest absolute Gasteiger partial charge is 0.488 e. The number of benzene rings is 1. The van der Waals surface area contributed by atoms with Crippen LogP contribution in [0.3, 0.4) is 0 Å². The predicted molar refractivity (Wildman–Crippen MR) is 68.9 cm³/mol. The molecule has 96 valence electrons. The third-order valence-electron chi connectivity index (χ3n) is 2.37. The van der Waals surface area contributed by atoms with Gasteiger partial charge in [0.05, 0.1) is 6.10 Å². The van der Waals surface area contributed by atoms with Gasteiger partial charge < -0.3 is 10.1 Å². The lowest BCUT2D eigenvalue weighted by Gasteiger charge is -2.22. The number of halogens is 1. The highest BCUT2D eigenvalue weighted by atomic mass is 19.1. The Labute approximate surface area is 103 Å². The molecule has 0 aromatic heterocycles. The van der Waals surface area contributed by atoms with Crippen LogP contribution < -0.4 is 10.1 Å². The average Bonchev–Trinajstić information content (AvgIpc) is 2.19. The van der Waals surface area contributed by atoms with E-state index in [2.05, 4.69) is 26.1 Å². The molecule has 1 unspecified atom stereocenters. The Kier molecular flexibility index (Phi) is 4.94. The van der Waals surface area contributed by atoms with E-state index < -0.39 is 0 Å². The molecule has 0 aliphatic heterocycles. The molecule has 0 aliphatic carbocycles. The van der Waals surface area contributed by atoms with E-state index in [1.54, 1.807) is 18.2 Å². The molecule has 0 spiro atoms. The Bertz CT molecular complexity index is 346. The smallest absolute Gasteiger partial charge is 0.165 e. The highest BCUT2D eigenvalue weighted by Gasteiger charge is 2.11.